The van der Waals surface area contributed by atoms with Gasteiger partial charge in [0.15, 0.2) is 18.3 Å². The molecule has 1 heterocycles. The Morgan fingerprint density at radius 3 is 2.89 bits per heavy atom. The Balaban J connectivity index is 1.62. The van der Waals surface area contributed by atoms with E-state index in [0.717, 1.165) is 33.4 Å². The van der Waals surface area contributed by atoms with Crippen LogP contribution in [0.2, 0.25) is 5.02 Å². The molecule has 6 heteroatoms. The third kappa shape index (κ3) is 3.32. The van der Waals surface area contributed by atoms with Gasteiger partial charge in [-0.3, -0.25) is 4.79 Å². The van der Waals surface area contributed by atoms with E-state index in [1.165, 1.54) is 18.5 Å². The molecule has 0 saturated carbocycles. The molecule has 5 nitrogen and oxygen atoms in total. The molecular weight excluding hydrogens is 378 g/mol. The maximum Gasteiger partial charge on any atom is 0.181 e. The first-order valence-corrected chi connectivity index (χ1v) is 8.97. The lowest BCUT2D eigenvalue weighted by Crippen LogP contribution is -2.00. The topological polar surface area (TPSA) is 72.6 Å². The highest BCUT2D eigenvalue weighted by Crippen LogP contribution is 2.33. The Bertz CT molecular complexity index is 1180. The van der Waals surface area contributed by atoms with E-state index < -0.39 is 0 Å². The lowest BCUT2D eigenvalue weighted by molar-refractivity contribution is 0.112. The molecule has 1 N–H and O–H groups in total. The fourth-order valence-electron chi connectivity index (χ4n) is 3.09. The number of ether oxygens (including phenoxy) is 1. The maximum atomic E-state index is 10.9. The van der Waals surface area contributed by atoms with Crippen molar-refractivity contribution in [3.05, 3.63) is 76.6 Å². The molecule has 0 bridgehead atoms. The van der Waals surface area contributed by atoms with Gasteiger partial charge in [-0.15, -0.1) is 0 Å². The monoisotopic (exact) mass is 393 g/mol. The summed E-state index contributed by atoms with van der Waals surface area (Å²) in [6, 6.07) is 14.6. The second kappa shape index (κ2) is 7.37. The average Bonchev–Trinajstić information content (AvgIpc) is 3.17. The van der Waals surface area contributed by atoms with Gasteiger partial charge in [0.25, 0.3) is 0 Å². The van der Waals surface area contributed by atoms with Crippen LogP contribution in [0.15, 0.2) is 59.3 Å². The number of oxazole rings is 1. The number of fused-ring (bicyclic) bond motifs is 1. The largest absolute Gasteiger partial charge is 0.507 e. The summed E-state index contributed by atoms with van der Waals surface area (Å²) < 4.78 is 11.2. The second-order valence-electron chi connectivity index (χ2n) is 6.37. The van der Waals surface area contributed by atoms with Gasteiger partial charge in [0.1, 0.15) is 23.6 Å². The molecule has 140 valence electrons. The van der Waals surface area contributed by atoms with Crippen LogP contribution in [0.3, 0.4) is 0 Å². The highest BCUT2D eigenvalue weighted by molar-refractivity contribution is 6.32. The van der Waals surface area contributed by atoms with Crippen molar-refractivity contribution in [2.24, 2.45) is 0 Å². The number of phenolic OH excluding ortho intramolecular Hbond substituents is 1. The molecule has 0 radical (unpaired) electrons. The summed E-state index contributed by atoms with van der Waals surface area (Å²) in [4.78, 5) is 15.0. The third-order valence-electron chi connectivity index (χ3n) is 4.68. The van der Waals surface area contributed by atoms with Crippen LogP contribution in [0.5, 0.6) is 11.5 Å². The minimum absolute atomic E-state index is 0.123. The summed E-state index contributed by atoms with van der Waals surface area (Å²) in [5.74, 6) is 0.151. The van der Waals surface area contributed by atoms with Gasteiger partial charge in [-0.25, -0.2) is 4.98 Å². The van der Waals surface area contributed by atoms with Crippen molar-refractivity contribution >= 4 is 29.0 Å². The van der Waals surface area contributed by atoms with Gasteiger partial charge in [-0.1, -0.05) is 35.9 Å². The number of halogens is 1. The third-order valence-corrected chi connectivity index (χ3v) is 4.97. The summed E-state index contributed by atoms with van der Waals surface area (Å²) in [7, 11) is 0. The summed E-state index contributed by atoms with van der Waals surface area (Å²) in [6.45, 7) is 2.29. The first-order valence-electron chi connectivity index (χ1n) is 8.59. The summed E-state index contributed by atoms with van der Waals surface area (Å²) in [6.07, 6.45) is 1.98. The van der Waals surface area contributed by atoms with Crippen molar-refractivity contribution in [2.75, 3.05) is 0 Å². The zero-order valence-electron chi connectivity index (χ0n) is 15.0. The molecule has 4 aromatic rings. The highest BCUT2D eigenvalue weighted by Gasteiger charge is 2.12. The van der Waals surface area contributed by atoms with E-state index in [1.54, 1.807) is 0 Å². The number of carbonyl (C=O) groups is 1. The van der Waals surface area contributed by atoms with Crippen LogP contribution in [0, 0.1) is 6.92 Å². The molecule has 3 aromatic carbocycles. The Kier molecular flexibility index (Phi) is 4.75. The van der Waals surface area contributed by atoms with E-state index in [1.807, 2.05) is 43.3 Å². The summed E-state index contributed by atoms with van der Waals surface area (Å²) in [5, 5.41) is 10.1. The van der Waals surface area contributed by atoms with Gasteiger partial charge in [0.05, 0.1) is 10.6 Å². The molecule has 4 rings (SSSR count). The number of hydrogen-bond donors (Lipinski definition) is 1. The number of phenols is 1. The van der Waals surface area contributed by atoms with Crippen molar-refractivity contribution in [2.45, 2.75) is 13.5 Å². The molecular formula is C22H16ClNO4. The lowest BCUT2D eigenvalue weighted by atomic mass is 9.96. The van der Waals surface area contributed by atoms with Crippen LogP contribution >= 0.6 is 11.6 Å². The molecule has 0 aliphatic carbocycles. The fraction of sp³-hybridized carbons (Fsp3) is 0.0909. The van der Waals surface area contributed by atoms with E-state index in [9.17, 15) is 9.90 Å². The second-order valence-corrected chi connectivity index (χ2v) is 6.78. The molecule has 1 aromatic heterocycles. The van der Waals surface area contributed by atoms with Crippen LogP contribution in [0.4, 0.5) is 0 Å². The van der Waals surface area contributed by atoms with Crippen LogP contribution in [-0.4, -0.2) is 16.4 Å². The number of carbonyl (C=O) groups excluding carboxylic acids is 1. The Morgan fingerprint density at radius 1 is 1.21 bits per heavy atom. The minimum Gasteiger partial charge on any atom is -0.507 e. The number of nitrogens with zero attached hydrogens (tertiary/aromatic N) is 1. The van der Waals surface area contributed by atoms with Crippen molar-refractivity contribution in [3.8, 4) is 22.6 Å². The standard InChI is InChI=1S/C22H16ClNO4/c1-13-15(11-27-21-9-20(26)16(10-25)7-18(21)23)3-2-4-17(13)14-5-6-19-22(8-14)28-12-24-19/h2-10,12,26H,11H2,1H3. The molecule has 0 aliphatic heterocycles. The van der Waals surface area contributed by atoms with E-state index in [4.69, 9.17) is 20.8 Å². The van der Waals surface area contributed by atoms with E-state index in [2.05, 4.69) is 4.98 Å². The van der Waals surface area contributed by atoms with Crippen LogP contribution in [0.1, 0.15) is 21.5 Å². The number of hydrogen-bond acceptors (Lipinski definition) is 5. The van der Waals surface area contributed by atoms with Gasteiger partial charge >= 0.3 is 0 Å². The van der Waals surface area contributed by atoms with Crippen molar-refractivity contribution < 1.29 is 19.1 Å². The average molecular weight is 394 g/mol. The smallest absolute Gasteiger partial charge is 0.181 e. The van der Waals surface area contributed by atoms with E-state index in [-0.39, 0.29) is 22.9 Å². The van der Waals surface area contributed by atoms with Crippen molar-refractivity contribution in [1.29, 1.82) is 0 Å². The SMILES string of the molecule is Cc1c(COc2cc(O)c(C=O)cc2Cl)cccc1-c1ccc2ncoc2c1. The Labute approximate surface area is 166 Å². The molecule has 0 spiro atoms. The molecule has 0 atom stereocenters. The van der Waals surface area contributed by atoms with Crippen LogP contribution in [0.25, 0.3) is 22.2 Å². The van der Waals surface area contributed by atoms with Crippen LogP contribution in [-0.2, 0) is 6.61 Å². The molecule has 28 heavy (non-hydrogen) atoms. The number of benzene rings is 3. The fourth-order valence-corrected chi connectivity index (χ4v) is 3.32. The zero-order chi connectivity index (χ0) is 19.7. The van der Waals surface area contributed by atoms with Crippen LogP contribution < -0.4 is 4.74 Å². The van der Waals surface area contributed by atoms with E-state index >= 15 is 0 Å². The molecule has 0 aliphatic rings. The first-order chi connectivity index (χ1) is 13.6. The lowest BCUT2D eigenvalue weighted by Gasteiger charge is -2.14. The zero-order valence-corrected chi connectivity index (χ0v) is 15.7. The van der Waals surface area contributed by atoms with Gasteiger partial charge in [0, 0.05) is 6.07 Å². The normalized spacial score (nSPS) is 10.9. The Morgan fingerprint density at radius 2 is 2.07 bits per heavy atom. The number of aromatic hydroxyl groups is 1. The number of aromatic nitrogens is 1. The Hall–Kier alpha value is -3.31. The predicted octanol–water partition coefficient (Wildman–Crippen LogP) is 5.55. The quantitative estimate of drug-likeness (QED) is 0.450. The minimum atomic E-state index is -0.166. The maximum absolute atomic E-state index is 10.9. The predicted molar refractivity (Wildman–Crippen MR) is 107 cm³/mol. The van der Waals surface area contributed by atoms with Gasteiger partial charge in [0.2, 0.25) is 0 Å². The van der Waals surface area contributed by atoms with E-state index in [0.29, 0.717) is 12.0 Å². The molecule has 0 unspecified atom stereocenters. The van der Waals surface area contributed by atoms with Gasteiger partial charge in [-0.2, -0.15) is 0 Å². The number of rotatable bonds is 5. The summed E-state index contributed by atoms with van der Waals surface area (Å²) >= 11 is 6.15. The molecule has 0 fully saturated rings. The van der Waals surface area contributed by atoms with Gasteiger partial charge in [-0.05, 0) is 47.4 Å². The van der Waals surface area contributed by atoms with Gasteiger partial charge < -0.3 is 14.3 Å². The van der Waals surface area contributed by atoms with Crippen molar-refractivity contribution in [1.82, 2.24) is 4.98 Å². The molecule has 0 amide bonds. The first kappa shape index (κ1) is 18.1. The highest BCUT2D eigenvalue weighted by atomic mass is 35.5. The molecule has 0 saturated heterocycles. The van der Waals surface area contributed by atoms with Crippen molar-refractivity contribution in [3.63, 3.8) is 0 Å². The number of aldehydes is 1. The summed E-state index contributed by atoms with van der Waals surface area (Å²) in [5.41, 5.74) is 5.79.